The molecule has 0 amide bonds. The van der Waals surface area contributed by atoms with Crippen LogP contribution in [-0.2, 0) is 23.9 Å². The molecule has 4 rings (SSSR count). The van der Waals surface area contributed by atoms with Gasteiger partial charge in [0.25, 0.3) is 0 Å². The van der Waals surface area contributed by atoms with Crippen molar-refractivity contribution in [3.63, 3.8) is 0 Å². The summed E-state index contributed by atoms with van der Waals surface area (Å²) in [5.74, 6) is 1.36. The second-order valence-corrected chi connectivity index (χ2v) is 10.7. The molecule has 4 aliphatic rings. The Hall–Kier alpha value is -1.91. The van der Waals surface area contributed by atoms with E-state index in [2.05, 4.69) is 19.9 Å². The van der Waals surface area contributed by atoms with E-state index in [1.807, 2.05) is 0 Å². The Kier molecular flexibility index (Phi) is 5.91. The van der Waals surface area contributed by atoms with Gasteiger partial charge in [-0.2, -0.15) is 0 Å². The third-order valence-corrected chi connectivity index (χ3v) is 9.20. The second kappa shape index (κ2) is 8.22. The van der Waals surface area contributed by atoms with Gasteiger partial charge in [0, 0.05) is 32.3 Å². The summed E-state index contributed by atoms with van der Waals surface area (Å²) >= 11 is 0. The summed E-state index contributed by atoms with van der Waals surface area (Å²) in [5, 5.41) is 0. The van der Waals surface area contributed by atoms with Crippen LogP contribution in [0.2, 0.25) is 0 Å². The van der Waals surface area contributed by atoms with Crippen LogP contribution < -0.4 is 0 Å². The van der Waals surface area contributed by atoms with Crippen LogP contribution in [0.3, 0.4) is 0 Å². The zero-order chi connectivity index (χ0) is 22.4. The van der Waals surface area contributed by atoms with Gasteiger partial charge in [-0.25, -0.2) is 0 Å². The molecule has 3 saturated carbocycles. The van der Waals surface area contributed by atoms with Crippen molar-refractivity contribution in [3.8, 4) is 0 Å². The largest absolute Gasteiger partial charge is 0.462 e. The molecule has 5 heteroatoms. The number of hydrogen-bond acceptors (Lipinski definition) is 5. The first-order chi connectivity index (χ1) is 14.6. The summed E-state index contributed by atoms with van der Waals surface area (Å²) < 4.78 is 10.4. The molecule has 7 unspecified atom stereocenters. The summed E-state index contributed by atoms with van der Waals surface area (Å²) in [5.41, 5.74) is 1.71. The number of ether oxygens (including phenoxy) is 2. The standard InChI is InChI=1S/C26H36O5/c1-16(27)30-14-11-24(29)23-8-7-21-20-6-5-18-15-19(31-17(2)28)9-12-25(18,3)22(20)10-13-26(21,23)4/h5,11,14,19-23H,6-10,12-13,15H2,1-4H3/b14-11+. The fourth-order valence-electron chi connectivity index (χ4n) is 7.74. The average Bonchev–Trinajstić information content (AvgIpc) is 3.05. The van der Waals surface area contributed by atoms with Crippen molar-refractivity contribution in [1.82, 2.24) is 0 Å². The van der Waals surface area contributed by atoms with Gasteiger partial charge in [0.05, 0.1) is 6.26 Å². The van der Waals surface area contributed by atoms with E-state index in [0.29, 0.717) is 17.8 Å². The molecule has 0 N–H and O–H groups in total. The summed E-state index contributed by atoms with van der Waals surface area (Å²) in [7, 11) is 0. The Bertz CT molecular complexity index is 826. The molecule has 3 fully saturated rings. The number of fused-ring (bicyclic) bond motifs is 5. The third-order valence-electron chi connectivity index (χ3n) is 9.20. The zero-order valence-corrected chi connectivity index (χ0v) is 19.3. The fraction of sp³-hybridized carbons (Fsp3) is 0.731. The Balaban J connectivity index is 1.51. The zero-order valence-electron chi connectivity index (χ0n) is 19.3. The Morgan fingerprint density at radius 1 is 1.00 bits per heavy atom. The van der Waals surface area contributed by atoms with Crippen molar-refractivity contribution in [1.29, 1.82) is 0 Å². The summed E-state index contributed by atoms with van der Waals surface area (Å²) in [6, 6.07) is 0. The predicted octanol–water partition coefficient (Wildman–Crippen LogP) is 5.14. The van der Waals surface area contributed by atoms with Crippen molar-refractivity contribution >= 4 is 17.7 Å². The number of carbonyl (C=O) groups is 3. The SMILES string of the molecule is CC(=O)O/C=C/C(=O)C1CCC2C3CC=C4CC(OC(C)=O)CCC4(C)C3CCC12C. The third kappa shape index (κ3) is 3.89. The lowest BCUT2D eigenvalue weighted by Crippen LogP contribution is -2.51. The molecule has 5 nitrogen and oxygen atoms in total. The molecule has 0 saturated heterocycles. The molecule has 0 aliphatic heterocycles. The molecular formula is C26H36O5. The van der Waals surface area contributed by atoms with E-state index in [-0.39, 0.29) is 34.6 Å². The van der Waals surface area contributed by atoms with Crippen LogP contribution >= 0.6 is 0 Å². The van der Waals surface area contributed by atoms with Gasteiger partial charge < -0.3 is 9.47 Å². The van der Waals surface area contributed by atoms with Gasteiger partial charge >= 0.3 is 11.9 Å². The maximum absolute atomic E-state index is 12.9. The minimum Gasteiger partial charge on any atom is -0.462 e. The highest BCUT2D eigenvalue weighted by Gasteiger charge is 2.59. The molecule has 170 valence electrons. The normalized spacial score (nSPS) is 41.5. The first-order valence-corrected chi connectivity index (χ1v) is 11.9. The van der Waals surface area contributed by atoms with Gasteiger partial charge in [-0.1, -0.05) is 25.5 Å². The highest BCUT2D eigenvalue weighted by Crippen LogP contribution is 2.66. The van der Waals surface area contributed by atoms with E-state index in [9.17, 15) is 14.4 Å². The number of hydrogen-bond donors (Lipinski definition) is 0. The first kappa shape index (κ1) is 22.3. The first-order valence-electron chi connectivity index (χ1n) is 11.9. The summed E-state index contributed by atoms with van der Waals surface area (Å²) in [6.07, 6.45) is 13.4. The van der Waals surface area contributed by atoms with Gasteiger partial charge in [0.15, 0.2) is 5.78 Å². The number of allylic oxidation sites excluding steroid dienone is 2. The molecule has 0 bridgehead atoms. The molecule has 0 aromatic heterocycles. The molecule has 31 heavy (non-hydrogen) atoms. The molecule has 0 aromatic rings. The molecule has 0 radical (unpaired) electrons. The second-order valence-electron chi connectivity index (χ2n) is 10.7. The average molecular weight is 429 g/mol. The van der Waals surface area contributed by atoms with Crippen molar-refractivity contribution in [2.24, 2.45) is 34.5 Å². The highest BCUT2D eigenvalue weighted by molar-refractivity contribution is 5.92. The van der Waals surface area contributed by atoms with Gasteiger partial charge in [0.1, 0.15) is 6.10 Å². The lowest BCUT2D eigenvalue weighted by molar-refractivity contribution is -0.149. The number of ketones is 1. The Morgan fingerprint density at radius 3 is 2.48 bits per heavy atom. The lowest BCUT2D eigenvalue weighted by Gasteiger charge is -2.58. The van der Waals surface area contributed by atoms with E-state index in [1.165, 1.54) is 31.8 Å². The Labute approximate surface area is 185 Å². The maximum atomic E-state index is 12.9. The number of carbonyl (C=O) groups excluding carboxylic acids is 3. The van der Waals surface area contributed by atoms with Crippen molar-refractivity contribution in [2.75, 3.05) is 0 Å². The summed E-state index contributed by atoms with van der Waals surface area (Å²) in [4.78, 5) is 35.4. The quantitative estimate of drug-likeness (QED) is 0.268. The monoisotopic (exact) mass is 428 g/mol. The van der Waals surface area contributed by atoms with Crippen LogP contribution in [-0.4, -0.2) is 23.8 Å². The van der Waals surface area contributed by atoms with Crippen LogP contribution in [0.1, 0.15) is 79.1 Å². The fourth-order valence-corrected chi connectivity index (χ4v) is 7.74. The van der Waals surface area contributed by atoms with Gasteiger partial charge in [-0.05, 0) is 73.5 Å². The minimum absolute atomic E-state index is 0.0168. The molecule has 7 atom stereocenters. The van der Waals surface area contributed by atoms with Gasteiger partial charge in [-0.15, -0.1) is 0 Å². The molecule has 0 heterocycles. The number of rotatable bonds is 4. The summed E-state index contributed by atoms with van der Waals surface area (Å²) in [6.45, 7) is 7.60. The van der Waals surface area contributed by atoms with Gasteiger partial charge in [0.2, 0.25) is 0 Å². The van der Waals surface area contributed by atoms with E-state index in [4.69, 9.17) is 9.47 Å². The van der Waals surface area contributed by atoms with Crippen LogP contribution in [0.15, 0.2) is 24.0 Å². The van der Waals surface area contributed by atoms with Crippen molar-refractivity contribution < 1.29 is 23.9 Å². The number of esters is 2. The predicted molar refractivity (Wildman–Crippen MR) is 117 cm³/mol. The highest BCUT2D eigenvalue weighted by atomic mass is 16.5. The van der Waals surface area contributed by atoms with E-state index < -0.39 is 5.97 Å². The van der Waals surface area contributed by atoms with Crippen LogP contribution in [0, 0.1) is 34.5 Å². The molecular weight excluding hydrogens is 392 g/mol. The van der Waals surface area contributed by atoms with E-state index in [0.717, 1.165) is 51.4 Å². The van der Waals surface area contributed by atoms with E-state index in [1.54, 1.807) is 0 Å². The van der Waals surface area contributed by atoms with Crippen LogP contribution in [0.25, 0.3) is 0 Å². The van der Waals surface area contributed by atoms with Crippen LogP contribution in [0.4, 0.5) is 0 Å². The minimum atomic E-state index is -0.401. The van der Waals surface area contributed by atoms with Crippen molar-refractivity contribution in [3.05, 3.63) is 24.0 Å². The lowest BCUT2D eigenvalue weighted by atomic mass is 9.47. The van der Waals surface area contributed by atoms with Gasteiger partial charge in [-0.3, -0.25) is 14.4 Å². The van der Waals surface area contributed by atoms with Crippen LogP contribution in [0.5, 0.6) is 0 Å². The van der Waals surface area contributed by atoms with Crippen molar-refractivity contribution in [2.45, 2.75) is 85.2 Å². The van der Waals surface area contributed by atoms with E-state index >= 15 is 0 Å². The smallest absolute Gasteiger partial charge is 0.307 e. The Morgan fingerprint density at radius 2 is 1.77 bits per heavy atom. The molecule has 4 aliphatic carbocycles. The molecule has 0 spiro atoms. The molecule has 0 aromatic carbocycles. The maximum Gasteiger partial charge on any atom is 0.307 e. The topological polar surface area (TPSA) is 69.7 Å².